The SMILES string of the molecule is CCCCCCCCCCCCCCCCCC(=O)C(O)(C(=O)C(O)CCCCCCCCCCCCCCC)C1(O)C(=O)CCC1=O. The first-order valence-electron chi connectivity index (χ1n) is 20.4. The van der Waals surface area contributed by atoms with Crippen LogP contribution in [0.4, 0.5) is 0 Å². The number of aliphatic hydroxyl groups excluding tert-OH is 1. The number of carbonyl (C=O) groups is 4. The summed E-state index contributed by atoms with van der Waals surface area (Å²) in [4.78, 5) is 52.1. The zero-order valence-electron chi connectivity index (χ0n) is 31.2. The third-order valence-corrected chi connectivity index (χ3v) is 10.6. The topological polar surface area (TPSA) is 129 Å². The smallest absolute Gasteiger partial charge is 0.227 e. The van der Waals surface area contributed by atoms with E-state index in [0.29, 0.717) is 19.3 Å². The quantitative estimate of drug-likeness (QED) is 0.0456. The maximum atomic E-state index is 13.4. The number of hydrogen-bond donors (Lipinski definition) is 3. The molecule has 1 aliphatic carbocycles. The van der Waals surface area contributed by atoms with E-state index in [2.05, 4.69) is 13.8 Å². The number of Topliss-reactive ketones (excluding diaryl/α,β-unsaturated/α-hetero) is 4. The summed E-state index contributed by atoms with van der Waals surface area (Å²) in [7, 11) is 0. The van der Waals surface area contributed by atoms with Crippen molar-refractivity contribution in [3.05, 3.63) is 0 Å². The van der Waals surface area contributed by atoms with Gasteiger partial charge in [-0.1, -0.05) is 187 Å². The van der Waals surface area contributed by atoms with Gasteiger partial charge in [-0.15, -0.1) is 0 Å². The second-order valence-electron chi connectivity index (χ2n) is 14.8. The lowest BCUT2D eigenvalue weighted by molar-refractivity contribution is -0.190. The maximum Gasteiger partial charge on any atom is 0.227 e. The van der Waals surface area contributed by atoms with Crippen molar-refractivity contribution in [1.82, 2.24) is 0 Å². The molecule has 1 rings (SSSR count). The molecule has 0 aromatic rings. The molecular weight excluding hydrogens is 604 g/mol. The Labute approximate surface area is 293 Å². The summed E-state index contributed by atoms with van der Waals surface area (Å²) in [5.74, 6) is -4.42. The third-order valence-electron chi connectivity index (χ3n) is 10.6. The van der Waals surface area contributed by atoms with Gasteiger partial charge >= 0.3 is 0 Å². The Hall–Kier alpha value is -1.44. The van der Waals surface area contributed by atoms with Gasteiger partial charge in [0.15, 0.2) is 17.3 Å². The molecule has 7 nitrogen and oxygen atoms in total. The van der Waals surface area contributed by atoms with Crippen molar-refractivity contribution in [2.75, 3.05) is 0 Å². The molecule has 0 aliphatic heterocycles. The fraction of sp³-hybridized carbons (Fsp3) is 0.902. The first-order valence-corrected chi connectivity index (χ1v) is 20.4. The van der Waals surface area contributed by atoms with Gasteiger partial charge in [-0.2, -0.15) is 0 Å². The Bertz CT molecular complexity index is 868. The van der Waals surface area contributed by atoms with Crippen LogP contribution in [0.2, 0.25) is 0 Å². The number of ketones is 4. The Kier molecular flexibility index (Phi) is 25.4. The highest BCUT2D eigenvalue weighted by Gasteiger charge is 2.69. The third kappa shape index (κ3) is 16.1. The average Bonchev–Trinajstić information content (AvgIpc) is 3.35. The second-order valence-corrected chi connectivity index (χ2v) is 14.8. The number of unbranched alkanes of at least 4 members (excludes halogenated alkanes) is 26. The minimum Gasteiger partial charge on any atom is -0.385 e. The molecular formula is C41H74O7. The van der Waals surface area contributed by atoms with Gasteiger partial charge in [0.2, 0.25) is 17.0 Å². The van der Waals surface area contributed by atoms with E-state index in [1.54, 1.807) is 0 Å². The second kappa shape index (κ2) is 27.3. The van der Waals surface area contributed by atoms with Crippen LogP contribution in [0.15, 0.2) is 0 Å². The highest BCUT2D eigenvalue weighted by atomic mass is 16.4. The molecule has 0 aromatic heterocycles. The highest BCUT2D eigenvalue weighted by Crippen LogP contribution is 2.37. The van der Waals surface area contributed by atoms with Gasteiger partial charge in [-0.25, -0.2) is 0 Å². The standard InChI is InChI=1S/C41H74O7/c1-3-5-7-9-11-13-15-17-18-20-22-24-26-28-30-32-36(43)41(48,40(47)37(44)33-34-38(40)45)39(46)35(42)31-29-27-25-23-21-19-16-14-12-10-8-6-4-2/h35,42,47-48H,3-34H2,1-2H3. The number of aliphatic hydroxyl groups is 3. The van der Waals surface area contributed by atoms with Crippen LogP contribution >= 0.6 is 0 Å². The van der Waals surface area contributed by atoms with Gasteiger partial charge in [0.05, 0.1) is 0 Å². The van der Waals surface area contributed by atoms with Crippen LogP contribution in [0.5, 0.6) is 0 Å². The lowest BCUT2D eigenvalue weighted by atomic mass is 9.71. The van der Waals surface area contributed by atoms with Crippen LogP contribution in [-0.4, -0.2) is 55.8 Å². The summed E-state index contributed by atoms with van der Waals surface area (Å²) in [5.41, 5.74) is -6.36. The van der Waals surface area contributed by atoms with Crippen LogP contribution < -0.4 is 0 Å². The number of rotatable bonds is 34. The normalized spacial score (nSPS) is 16.4. The minimum absolute atomic E-state index is 0.00357. The predicted molar refractivity (Wildman–Crippen MR) is 195 cm³/mol. The van der Waals surface area contributed by atoms with Gasteiger partial charge in [0.25, 0.3) is 0 Å². The summed E-state index contributed by atoms with van der Waals surface area (Å²) in [6.45, 7) is 4.47. The van der Waals surface area contributed by atoms with Gasteiger partial charge in [-0.3, -0.25) is 19.2 Å². The highest BCUT2D eigenvalue weighted by molar-refractivity contribution is 6.28. The van der Waals surface area contributed by atoms with Crippen LogP contribution in [-0.2, 0) is 19.2 Å². The van der Waals surface area contributed by atoms with Crippen LogP contribution in [0.1, 0.15) is 219 Å². The molecule has 0 bridgehead atoms. The van der Waals surface area contributed by atoms with Crippen LogP contribution in [0, 0.1) is 0 Å². The molecule has 2 atom stereocenters. The summed E-state index contributed by atoms with van der Waals surface area (Å²) in [6.07, 6.45) is 29.3. The van der Waals surface area contributed by atoms with Gasteiger partial charge < -0.3 is 15.3 Å². The van der Waals surface area contributed by atoms with Gasteiger partial charge in [0.1, 0.15) is 6.10 Å². The number of carbonyl (C=O) groups excluding carboxylic acids is 4. The Morgan fingerprint density at radius 3 is 1.19 bits per heavy atom. The molecule has 0 spiro atoms. The molecule has 1 aliphatic rings. The van der Waals surface area contributed by atoms with Crippen molar-refractivity contribution < 1.29 is 34.5 Å². The van der Waals surface area contributed by atoms with E-state index in [-0.39, 0.29) is 25.7 Å². The molecule has 1 saturated carbocycles. The maximum absolute atomic E-state index is 13.4. The van der Waals surface area contributed by atoms with Crippen molar-refractivity contribution in [3.8, 4) is 0 Å². The fourth-order valence-corrected chi connectivity index (χ4v) is 7.23. The molecule has 0 heterocycles. The first kappa shape index (κ1) is 44.6. The molecule has 0 aromatic carbocycles. The van der Waals surface area contributed by atoms with Crippen LogP contribution in [0.3, 0.4) is 0 Å². The molecule has 3 N–H and O–H groups in total. The van der Waals surface area contributed by atoms with Crippen molar-refractivity contribution in [1.29, 1.82) is 0 Å². The fourth-order valence-electron chi connectivity index (χ4n) is 7.23. The number of hydrogen-bond acceptors (Lipinski definition) is 7. The van der Waals surface area contributed by atoms with E-state index in [4.69, 9.17) is 0 Å². The molecule has 48 heavy (non-hydrogen) atoms. The van der Waals surface area contributed by atoms with E-state index in [1.165, 1.54) is 116 Å². The summed E-state index contributed by atoms with van der Waals surface area (Å²) >= 11 is 0. The van der Waals surface area contributed by atoms with E-state index < -0.39 is 40.4 Å². The zero-order chi connectivity index (χ0) is 35.5. The van der Waals surface area contributed by atoms with Crippen molar-refractivity contribution in [2.24, 2.45) is 0 Å². The molecule has 280 valence electrons. The summed E-state index contributed by atoms with van der Waals surface area (Å²) in [6, 6.07) is 0. The lowest BCUT2D eigenvalue weighted by Gasteiger charge is -2.37. The van der Waals surface area contributed by atoms with E-state index >= 15 is 0 Å². The van der Waals surface area contributed by atoms with Gasteiger partial charge in [0, 0.05) is 19.3 Å². The monoisotopic (exact) mass is 679 g/mol. The van der Waals surface area contributed by atoms with Crippen molar-refractivity contribution in [2.45, 2.75) is 237 Å². The van der Waals surface area contributed by atoms with E-state index in [0.717, 1.165) is 44.9 Å². The van der Waals surface area contributed by atoms with Gasteiger partial charge in [-0.05, 0) is 12.8 Å². The molecule has 1 fully saturated rings. The Morgan fingerprint density at radius 1 is 0.562 bits per heavy atom. The predicted octanol–water partition coefficient (Wildman–Crippen LogP) is 9.62. The Morgan fingerprint density at radius 2 is 0.854 bits per heavy atom. The minimum atomic E-state index is -3.25. The van der Waals surface area contributed by atoms with Crippen molar-refractivity contribution >= 4 is 23.1 Å². The van der Waals surface area contributed by atoms with E-state index in [9.17, 15) is 34.5 Å². The lowest BCUT2D eigenvalue weighted by Crippen LogP contribution is -2.71. The average molecular weight is 679 g/mol. The Balaban J connectivity index is 2.41. The zero-order valence-corrected chi connectivity index (χ0v) is 31.2. The molecule has 0 saturated heterocycles. The summed E-state index contributed by atoms with van der Waals surface area (Å²) < 4.78 is 0. The van der Waals surface area contributed by atoms with Crippen molar-refractivity contribution in [3.63, 3.8) is 0 Å². The largest absolute Gasteiger partial charge is 0.385 e. The van der Waals surface area contributed by atoms with Crippen LogP contribution in [0.25, 0.3) is 0 Å². The summed E-state index contributed by atoms with van der Waals surface area (Å²) in [5, 5.41) is 33.4. The van der Waals surface area contributed by atoms with E-state index in [1.807, 2.05) is 0 Å². The first-order chi connectivity index (χ1) is 23.2. The molecule has 2 unspecified atom stereocenters. The molecule has 0 radical (unpaired) electrons. The molecule has 0 amide bonds. The molecule has 7 heteroatoms.